The number of hydrogen-bond acceptors (Lipinski definition) is 1. The first-order valence-corrected chi connectivity index (χ1v) is 5.50. The van der Waals surface area contributed by atoms with Gasteiger partial charge < -0.3 is 5.11 Å². The van der Waals surface area contributed by atoms with E-state index in [2.05, 4.69) is 19.1 Å². The van der Waals surface area contributed by atoms with E-state index in [-0.39, 0.29) is 12.0 Å². The van der Waals surface area contributed by atoms with Crippen LogP contribution in [0.5, 0.6) is 0 Å². The molecule has 1 N–H and O–H groups in total. The summed E-state index contributed by atoms with van der Waals surface area (Å²) in [6.07, 6.45) is 3.46. The van der Waals surface area contributed by atoms with E-state index in [4.69, 9.17) is 0 Å². The minimum Gasteiger partial charge on any atom is -0.392 e. The predicted molar refractivity (Wildman–Crippen MR) is 58.2 cm³/mol. The Bertz CT molecular complexity index is 277. The zero-order valence-corrected chi connectivity index (χ0v) is 8.69. The maximum atomic E-state index is 9.98. The van der Waals surface area contributed by atoms with E-state index >= 15 is 0 Å². The second kappa shape index (κ2) is 4.14. The third-order valence-corrected chi connectivity index (χ3v) is 3.17. The molecule has 2 unspecified atom stereocenters. The molecule has 2 atom stereocenters. The lowest BCUT2D eigenvalue weighted by Gasteiger charge is -2.18. The van der Waals surface area contributed by atoms with Gasteiger partial charge >= 0.3 is 0 Å². The number of rotatable bonds is 4. The number of hydrogen-bond donors (Lipinski definition) is 1. The highest BCUT2D eigenvalue weighted by atomic mass is 16.3. The van der Waals surface area contributed by atoms with E-state index in [1.54, 1.807) is 0 Å². The average molecular weight is 190 g/mol. The summed E-state index contributed by atoms with van der Waals surface area (Å²) < 4.78 is 0. The molecule has 76 valence electrons. The Balaban J connectivity index is 1.96. The van der Waals surface area contributed by atoms with E-state index < -0.39 is 0 Å². The van der Waals surface area contributed by atoms with Crippen molar-refractivity contribution in [2.45, 2.75) is 38.2 Å². The van der Waals surface area contributed by atoms with Crippen LogP contribution in [-0.4, -0.2) is 11.2 Å². The van der Waals surface area contributed by atoms with Crippen LogP contribution in [0.2, 0.25) is 0 Å². The van der Waals surface area contributed by atoms with Gasteiger partial charge in [-0.2, -0.15) is 0 Å². The van der Waals surface area contributed by atoms with Crippen molar-refractivity contribution in [1.29, 1.82) is 0 Å². The number of aliphatic hydroxyl groups is 1. The van der Waals surface area contributed by atoms with Crippen LogP contribution in [0.4, 0.5) is 0 Å². The van der Waals surface area contributed by atoms with Crippen molar-refractivity contribution in [1.82, 2.24) is 0 Å². The molecule has 1 heteroatoms. The van der Waals surface area contributed by atoms with Crippen LogP contribution in [0.3, 0.4) is 0 Å². The second-order valence-electron chi connectivity index (χ2n) is 4.45. The maximum Gasteiger partial charge on any atom is 0.0608 e. The third-order valence-electron chi connectivity index (χ3n) is 3.17. The Kier molecular flexibility index (Phi) is 2.87. The molecule has 0 amide bonds. The zero-order valence-electron chi connectivity index (χ0n) is 8.69. The summed E-state index contributed by atoms with van der Waals surface area (Å²) in [6.45, 7) is 2.11. The van der Waals surface area contributed by atoms with E-state index in [1.165, 1.54) is 18.4 Å². The molecule has 1 aromatic rings. The van der Waals surface area contributed by atoms with Gasteiger partial charge in [-0.15, -0.1) is 0 Å². The van der Waals surface area contributed by atoms with Gasteiger partial charge in [0.05, 0.1) is 6.10 Å². The quantitative estimate of drug-likeness (QED) is 0.774. The Labute approximate surface area is 85.8 Å². The van der Waals surface area contributed by atoms with E-state index in [9.17, 15) is 5.11 Å². The van der Waals surface area contributed by atoms with Crippen molar-refractivity contribution < 1.29 is 5.11 Å². The summed E-state index contributed by atoms with van der Waals surface area (Å²) in [5.41, 5.74) is 1.25. The van der Waals surface area contributed by atoms with Crippen LogP contribution < -0.4 is 0 Å². The lowest BCUT2D eigenvalue weighted by molar-refractivity contribution is 0.133. The van der Waals surface area contributed by atoms with Gasteiger partial charge in [-0.1, -0.05) is 50.1 Å². The van der Waals surface area contributed by atoms with Gasteiger partial charge in [-0.25, -0.2) is 0 Å². The second-order valence-corrected chi connectivity index (χ2v) is 4.45. The zero-order chi connectivity index (χ0) is 9.97. The van der Waals surface area contributed by atoms with Gasteiger partial charge in [-0.05, 0) is 17.9 Å². The predicted octanol–water partition coefficient (Wildman–Crippen LogP) is 2.95. The Hall–Kier alpha value is -0.820. The van der Waals surface area contributed by atoms with Gasteiger partial charge in [0, 0.05) is 5.92 Å². The normalized spacial score (nSPS) is 20.4. The molecule has 1 nitrogen and oxygen atoms in total. The van der Waals surface area contributed by atoms with Crippen LogP contribution in [-0.2, 0) is 0 Å². The number of benzene rings is 1. The molecule has 0 heterocycles. The van der Waals surface area contributed by atoms with Crippen LogP contribution >= 0.6 is 0 Å². The van der Waals surface area contributed by atoms with Crippen molar-refractivity contribution >= 4 is 0 Å². The van der Waals surface area contributed by atoms with Gasteiger partial charge in [0.25, 0.3) is 0 Å². The topological polar surface area (TPSA) is 20.2 Å². The van der Waals surface area contributed by atoms with Crippen molar-refractivity contribution in [3.05, 3.63) is 35.9 Å². The molecule has 0 saturated heterocycles. The summed E-state index contributed by atoms with van der Waals surface area (Å²) in [6, 6.07) is 10.3. The minimum absolute atomic E-state index is 0.162. The molecule has 0 radical (unpaired) electrons. The van der Waals surface area contributed by atoms with E-state index in [1.807, 2.05) is 18.2 Å². The molecule has 2 rings (SSSR count). The SMILES string of the molecule is CC(c1ccccc1)C(O)CC1CC1. The minimum atomic E-state index is -0.162. The van der Waals surface area contributed by atoms with Crippen molar-refractivity contribution in [3.63, 3.8) is 0 Å². The highest BCUT2D eigenvalue weighted by Gasteiger charge is 2.27. The van der Waals surface area contributed by atoms with Crippen LogP contribution in [0.25, 0.3) is 0 Å². The highest BCUT2D eigenvalue weighted by molar-refractivity contribution is 5.19. The fourth-order valence-corrected chi connectivity index (χ4v) is 1.88. The van der Waals surface area contributed by atoms with Gasteiger partial charge in [0.1, 0.15) is 0 Å². The Morgan fingerprint density at radius 2 is 1.93 bits per heavy atom. The van der Waals surface area contributed by atoms with Crippen molar-refractivity contribution in [3.8, 4) is 0 Å². The fraction of sp³-hybridized carbons (Fsp3) is 0.538. The monoisotopic (exact) mass is 190 g/mol. The summed E-state index contributed by atoms with van der Waals surface area (Å²) in [7, 11) is 0. The lowest BCUT2D eigenvalue weighted by atomic mass is 9.92. The van der Waals surface area contributed by atoms with Crippen LogP contribution in [0, 0.1) is 5.92 Å². The summed E-state index contributed by atoms with van der Waals surface area (Å²) in [5.74, 6) is 1.08. The molecular weight excluding hydrogens is 172 g/mol. The molecule has 0 aromatic heterocycles. The first kappa shape index (κ1) is 9.72. The molecule has 0 aliphatic heterocycles. The van der Waals surface area contributed by atoms with Crippen LogP contribution in [0.15, 0.2) is 30.3 Å². The molecule has 14 heavy (non-hydrogen) atoms. The first-order valence-electron chi connectivity index (χ1n) is 5.50. The Morgan fingerprint density at radius 3 is 2.50 bits per heavy atom. The standard InChI is InChI=1S/C13H18O/c1-10(12-5-3-2-4-6-12)13(14)9-11-7-8-11/h2-6,10-11,13-14H,7-9H2,1H3. The average Bonchev–Trinajstić information content (AvgIpc) is 3.02. The lowest BCUT2D eigenvalue weighted by Crippen LogP contribution is -2.16. The molecule has 1 saturated carbocycles. The molecule has 1 aliphatic rings. The molecule has 0 bridgehead atoms. The first-order chi connectivity index (χ1) is 6.77. The molecular formula is C13H18O. The molecule has 1 aliphatic carbocycles. The molecule has 1 aromatic carbocycles. The number of aliphatic hydroxyl groups excluding tert-OH is 1. The van der Waals surface area contributed by atoms with Crippen LogP contribution in [0.1, 0.15) is 37.7 Å². The molecule has 0 spiro atoms. The van der Waals surface area contributed by atoms with E-state index in [0.717, 1.165) is 12.3 Å². The van der Waals surface area contributed by atoms with Crippen molar-refractivity contribution in [2.24, 2.45) is 5.92 Å². The summed E-state index contributed by atoms with van der Waals surface area (Å²) >= 11 is 0. The van der Waals surface area contributed by atoms with E-state index in [0.29, 0.717) is 0 Å². The largest absolute Gasteiger partial charge is 0.392 e. The van der Waals surface area contributed by atoms with Gasteiger partial charge in [-0.3, -0.25) is 0 Å². The molecule has 1 fully saturated rings. The third kappa shape index (κ3) is 2.36. The summed E-state index contributed by atoms with van der Waals surface area (Å²) in [4.78, 5) is 0. The van der Waals surface area contributed by atoms with Gasteiger partial charge in [0.2, 0.25) is 0 Å². The fourth-order valence-electron chi connectivity index (χ4n) is 1.88. The van der Waals surface area contributed by atoms with Gasteiger partial charge in [0.15, 0.2) is 0 Å². The maximum absolute atomic E-state index is 9.98. The van der Waals surface area contributed by atoms with Crippen molar-refractivity contribution in [2.75, 3.05) is 0 Å². The summed E-state index contributed by atoms with van der Waals surface area (Å²) in [5, 5.41) is 9.98. The Morgan fingerprint density at radius 1 is 1.29 bits per heavy atom. The smallest absolute Gasteiger partial charge is 0.0608 e. The highest BCUT2D eigenvalue weighted by Crippen LogP contribution is 2.36.